The molecule has 3 atom stereocenters. The van der Waals surface area contributed by atoms with Crippen LogP contribution in [0.25, 0.3) is 0 Å². The van der Waals surface area contributed by atoms with E-state index in [1.165, 1.54) is 0 Å². The second-order valence-corrected chi connectivity index (χ2v) is 7.98. The third-order valence-corrected chi connectivity index (χ3v) is 6.06. The molecule has 5 rings (SSSR count). The number of nitrogens with zero attached hydrogens (tertiary/aromatic N) is 3. The molecular formula is C25H25N3O2. The van der Waals surface area contributed by atoms with Crippen LogP contribution in [0, 0.1) is 5.92 Å². The van der Waals surface area contributed by atoms with Crippen LogP contribution in [0.1, 0.15) is 29.7 Å². The van der Waals surface area contributed by atoms with Gasteiger partial charge in [0, 0.05) is 19.3 Å². The van der Waals surface area contributed by atoms with Gasteiger partial charge in [-0.2, -0.15) is 5.06 Å². The fourth-order valence-electron chi connectivity index (χ4n) is 4.64. The highest BCUT2D eigenvalue weighted by Crippen LogP contribution is 2.42. The standard InChI is InChI=1S/C25H25N3O2/c1-18-22(25(29)27-16-14-21-13-8-15-26-24(21)27)23(20-11-6-3-7-12-20)28(30-18)17-19-9-4-2-5-10-19/h2-13,15,18,22-23H,14,16-17H2,1H3/t18-,22-,23-/m1/s1. The molecule has 30 heavy (non-hydrogen) atoms. The summed E-state index contributed by atoms with van der Waals surface area (Å²) in [7, 11) is 0. The van der Waals surface area contributed by atoms with Crippen LogP contribution < -0.4 is 4.90 Å². The SMILES string of the molecule is C[C@H]1ON(Cc2ccccc2)[C@H](c2ccccc2)[C@@H]1C(=O)N1CCc2cccnc21. The van der Waals surface area contributed by atoms with Crippen molar-refractivity contribution in [1.29, 1.82) is 0 Å². The highest BCUT2D eigenvalue weighted by molar-refractivity contribution is 5.97. The largest absolute Gasteiger partial charge is 0.296 e. The van der Waals surface area contributed by atoms with E-state index in [-0.39, 0.29) is 24.0 Å². The molecule has 2 aliphatic heterocycles. The molecule has 1 amide bonds. The number of amides is 1. The molecule has 3 aromatic rings. The predicted octanol–water partition coefficient (Wildman–Crippen LogP) is 4.16. The van der Waals surface area contributed by atoms with E-state index in [4.69, 9.17) is 4.84 Å². The zero-order valence-corrected chi connectivity index (χ0v) is 17.0. The normalized spacial score (nSPS) is 23.5. The number of rotatable bonds is 4. The molecule has 5 nitrogen and oxygen atoms in total. The molecule has 0 radical (unpaired) electrons. The van der Waals surface area contributed by atoms with Gasteiger partial charge in [0.15, 0.2) is 0 Å². The maximum atomic E-state index is 13.8. The van der Waals surface area contributed by atoms with Crippen LogP contribution in [0.5, 0.6) is 0 Å². The van der Waals surface area contributed by atoms with Crippen molar-refractivity contribution in [2.75, 3.05) is 11.4 Å². The van der Waals surface area contributed by atoms with E-state index in [2.05, 4.69) is 35.3 Å². The third kappa shape index (κ3) is 3.40. The van der Waals surface area contributed by atoms with Gasteiger partial charge in [-0.15, -0.1) is 0 Å². The first kappa shape index (κ1) is 19.0. The number of fused-ring (bicyclic) bond motifs is 1. The molecule has 0 unspecified atom stereocenters. The maximum absolute atomic E-state index is 13.8. The number of aromatic nitrogens is 1. The van der Waals surface area contributed by atoms with Gasteiger partial charge in [0.05, 0.1) is 18.1 Å². The molecule has 2 aliphatic rings. The molecular weight excluding hydrogens is 374 g/mol. The second-order valence-electron chi connectivity index (χ2n) is 7.98. The Balaban J connectivity index is 1.49. The molecule has 0 N–H and O–H groups in total. The summed E-state index contributed by atoms with van der Waals surface area (Å²) >= 11 is 0. The smallest absolute Gasteiger partial charge is 0.236 e. The lowest BCUT2D eigenvalue weighted by Crippen LogP contribution is -2.41. The maximum Gasteiger partial charge on any atom is 0.236 e. The van der Waals surface area contributed by atoms with Gasteiger partial charge in [-0.1, -0.05) is 66.7 Å². The molecule has 1 aromatic heterocycles. The van der Waals surface area contributed by atoms with Crippen molar-refractivity contribution in [3.05, 3.63) is 95.7 Å². The molecule has 5 heteroatoms. The monoisotopic (exact) mass is 399 g/mol. The minimum atomic E-state index is -0.302. The summed E-state index contributed by atoms with van der Waals surface area (Å²) in [5.41, 5.74) is 3.39. The van der Waals surface area contributed by atoms with Gasteiger partial charge in [-0.3, -0.25) is 14.5 Å². The Labute approximate surface area is 176 Å². The van der Waals surface area contributed by atoms with Crippen molar-refractivity contribution in [3.8, 4) is 0 Å². The Morgan fingerprint density at radius 2 is 1.77 bits per heavy atom. The average Bonchev–Trinajstić information content (AvgIpc) is 3.35. The highest BCUT2D eigenvalue weighted by atomic mass is 16.7. The number of carbonyl (C=O) groups excluding carboxylic acids is 1. The Kier molecular flexibility index (Phi) is 5.07. The van der Waals surface area contributed by atoms with Crippen molar-refractivity contribution >= 4 is 11.7 Å². The van der Waals surface area contributed by atoms with Crippen LogP contribution in [-0.2, 0) is 22.6 Å². The van der Waals surface area contributed by atoms with E-state index in [0.29, 0.717) is 13.1 Å². The molecule has 152 valence electrons. The van der Waals surface area contributed by atoms with E-state index >= 15 is 0 Å². The van der Waals surface area contributed by atoms with Crippen LogP contribution in [0.2, 0.25) is 0 Å². The zero-order valence-electron chi connectivity index (χ0n) is 17.0. The number of pyridine rings is 1. The molecule has 0 bridgehead atoms. The van der Waals surface area contributed by atoms with Gasteiger partial charge >= 0.3 is 0 Å². The zero-order chi connectivity index (χ0) is 20.5. The van der Waals surface area contributed by atoms with Gasteiger partial charge in [0.1, 0.15) is 5.82 Å². The molecule has 1 fully saturated rings. The van der Waals surface area contributed by atoms with Crippen molar-refractivity contribution in [2.45, 2.75) is 32.0 Å². The van der Waals surface area contributed by atoms with Gasteiger partial charge in [-0.25, -0.2) is 4.98 Å². The Bertz CT molecular complexity index is 1020. The first-order chi connectivity index (χ1) is 14.7. The van der Waals surface area contributed by atoms with E-state index in [0.717, 1.165) is 28.9 Å². The third-order valence-electron chi connectivity index (χ3n) is 6.06. The molecule has 2 aromatic carbocycles. The van der Waals surface area contributed by atoms with Crippen LogP contribution in [-0.4, -0.2) is 28.6 Å². The Hall–Kier alpha value is -3.02. The Morgan fingerprint density at radius 3 is 2.53 bits per heavy atom. The van der Waals surface area contributed by atoms with E-state index < -0.39 is 0 Å². The van der Waals surface area contributed by atoms with Crippen molar-refractivity contribution in [2.24, 2.45) is 5.92 Å². The van der Waals surface area contributed by atoms with Crippen LogP contribution in [0.3, 0.4) is 0 Å². The summed E-state index contributed by atoms with van der Waals surface area (Å²) in [6, 6.07) is 24.3. The van der Waals surface area contributed by atoms with Crippen molar-refractivity contribution in [3.63, 3.8) is 0 Å². The molecule has 0 spiro atoms. The van der Waals surface area contributed by atoms with Crippen LogP contribution in [0.15, 0.2) is 79.0 Å². The Morgan fingerprint density at radius 1 is 1.03 bits per heavy atom. The fourth-order valence-corrected chi connectivity index (χ4v) is 4.64. The number of carbonyl (C=O) groups is 1. The van der Waals surface area contributed by atoms with Gasteiger partial charge in [0.25, 0.3) is 0 Å². The summed E-state index contributed by atoms with van der Waals surface area (Å²) in [4.78, 5) is 26.4. The number of anilines is 1. The summed E-state index contributed by atoms with van der Waals surface area (Å²) in [5, 5.41) is 1.98. The minimum absolute atomic E-state index is 0.0874. The first-order valence-corrected chi connectivity index (χ1v) is 10.5. The number of hydrogen-bond donors (Lipinski definition) is 0. The van der Waals surface area contributed by atoms with Crippen LogP contribution in [0.4, 0.5) is 5.82 Å². The average molecular weight is 399 g/mol. The first-order valence-electron chi connectivity index (χ1n) is 10.5. The number of hydrogen-bond acceptors (Lipinski definition) is 4. The number of hydroxylamine groups is 2. The number of benzene rings is 2. The molecule has 0 aliphatic carbocycles. The summed E-state index contributed by atoms with van der Waals surface area (Å²) < 4.78 is 0. The molecule has 3 heterocycles. The molecule has 0 saturated carbocycles. The second kappa shape index (κ2) is 8.01. The minimum Gasteiger partial charge on any atom is -0.296 e. The lowest BCUT2D eigenvalue weighted by atomic mass is 9.88. The molecule has 1 saturated heterocycles. The van der Waals surface area contributed by atoms with Gasteiger partial charge in [0.2, 0.25) is 5.91 Å². The van der Waals surface area contributed by atoms with E-state index in [1.54, 1.807) is 6.20 Å². The highest BCUT2D eigenvalue weighted by Gasteiger charge is 2.48. The lowest BCUT2D eigenvalue weighted by Gasteiger charge is -2.28. The lowest BCUT2D eigenvalue weighted by molar-refractivity contribution is -0.166. The van der Waals surface area contributed by atoms with E-state index in [1.807, 2.05) is 59.4 Å². The van der Waals surface area contributed by atoms with Crippen molar-refractivity contribution in [1.82, 2.24) is 10.0 Å². The fraction of sp³-hybridized carbons (Fsp3) is 0.280. The van der Waals surface area contributed by atoms with Crippen molar-refractivity contribution < 1.29 is 9.63 Å². The predicted molar refractivity (Wildman–Crippen MR) is 115 cm³/mol. The van der Waals surface area contributed by atoms with Gasteiger partial charge < -0.3 is 0 Å². The quantitative estimate of drug-likeness (QED) is 0.661. The summed E-state index contributed by atoms with van der Waals surface area (Å²) in [6.45, 7) is 3.30. The van der Waals surface area contributed by atoms with E-state index in [9.17, 15) is 4.79 Å². The van der Waals surface area contributed by atoms with Gasteiger partial charge in [-0.05, 0) is 36.1 Å². The van der Waals surface area contributed by atoms with Crippen LogP contribution >= 0.6 is 0 Å². The topological polar surface area (TPSA) is 45.7 Å². The summed E-state index contributed by atoms with van der Waals surface area (Å²) in [5.74, 6) is 0.580. The summed E-state index contributed by atoms with van der Waals surface area (Å²) in [6.07, 6.45) is 2.38.